The summed E-state index contributed by atoms with van der Waals surface area (Å²) in [5.41, 5.74) is 8.08. The highest BCUT2D eigenvalue weighted by molar-refractivity contribution is 5.95. The van der Waals surface area contributed by atoms with Crippen LogP contribution in [0.5, 0.6) is 5.75 Å². The zero-order valence-corrected chi connectivity index (χ0v) is 15.8. The number of ether oxygens (including phenoxy) is 1. The molecular weight excluding hydrogens is 370 g/mol. The van der Waals surface area contributed by atoms with Crippen molar-refractivity contribution in [2.45, 2.75) is 19.4 Å². The number of aryl methyl sites for hydroxylation is 1. The summed E-state index contributed by atoms with van der Waals surface area (Å²) in [6, 6.07) is 11.0. The number of aliphatic hydroxyl groups excluding tert-OH is 1. The minimum atomic E-state index is -1.01. The van der Waals surface area contributed by atoms with E-state index < -0.39 is 12.0 Å². The summed E-state index contributed by atoms with van der Waals surface area (Å²) in [7, 11) is 0. The van der Waals surface area contributed by atoms with Crippen molar-refractivity contribution in [3.8, 4) is 5.75 Å². The molecule has 2 aromatic rings. The Balaban J connectivity index is 0.00000364. The number of anilines is 1. The number of benzene rings is 2. The average Bonchev–Trinajstić information content (AvgIpc) is 2.64. The second-order valence-corrected chi connectivity index (χ2v) is 5.70. The number of aliphatic hydroxyl groups is 1. The van der Waals surface area contributed by atoms with E-state index in [1.807, 2.05) is 6.92 Å². The lowest BCUT2D eigenvalue weighted by Gasteiger charge is -2.18. The fourth-order valence-electron chi connectivity index (χ4n) is 2.55. The first-order valence-corrected chi connectivity index (χ1v) is 8.26. The van der Waals surface area contributed by atoms with Gasteiger partial charge in [0.1, 0.15) is 18.2 Å². The Kier molecular flexibility index (Phi) is 8.58. The number of hydrogen-bond donors (Lipinski definition) is 5. The Bertz CT molecular complexity index is 781. The molecule has 1 atom stereocenters. The molecule has 0 aromatic heterocycles. The van der Waals surface area contributed by atoms with Gasteiger partial charge in [-0.05, 0) is 53.9 Å². The van der Waals surface area contributed by atoms with Crippen LogP contribution in [0.3, 0.4) is 0 Å². The summed E-state index contributed by atoms with van der Waals surface area (Å²) in [5.74, 6) is -0.413. The van der Waals surface area contributed by atoms with Crippen LogP contribution in [0.25, 0.3) is 0 Å². The van der Waals surface area contributed by atoms with Crippen LogP contribution in [0.15, 0.2) is 42.5 Å². The molecule has 0 aliphatic heterocycles. The molecule has 7 nitrogen and oxygen atoms in total. The van der Waals surface area contributed by atoms with E-state index in [1.165, 1.54) is 0 Å². The van der Waals surface area contributed by atoms with Gasteiger partial charge in [0.25, 0.3) is 0 Å². The number of aliphatic carboxylic acids is 1. The highest BCUT2D eigenvalue weighted by Crippen LogP contribution is 2.27. The van der Waals surface area contributed by atoms with Crippen LogP contribution < -0.4 is 15.8 Å². The zero-order valence-electron chi connectivity index (χ0n) is 14.9. The summed E-state index contributed by atoms with van der Waals surface area (Å²) in [4.78, 5) is 11.8. The number of nitrogens with one attached hydrogen (secondary N) is 2. The standard InChI is InChI=1S/C19H23N3O4.ClH/c1-2-12-11-14(5-8-16(12)26-10-9-23)17(19(24)25)22-15-6-3-13(4-7-15)18(20)21;/h3-8,11,17,22-23H,2,9-10H2,1H3,(H3,20,21)(H,24,25);1H. The van der Waals surface area contributed by atoms with E-state index in [0.717, 1.165) is 5.56 Å². The van der Waals surface area contributed by atoms with Gasteiger partial charge < -0.3 is 26.0 Å². The van der Waals surface area contributed by atoms with Crippen LogP contribution in [0.1, 0.15) is 29.7 Å². The van der Waals surface area contributed by atoms with E-state index in [1.54, 1.807) is 42.5 Å². The Morgan fingerprint density at radius 3 is 2.44 bits per heavy atom. The van der Waals surface area contributed by atoms with Crippen molar-refractivity contribution >= 4 is 29.9 Å². The number of nitrogens with two attached hydrogens (primary N) is 1. The van der Waals surface area contributed by atoms with E-state index >= 15 is 0 Å². The van der Waals surface area contributed by atoms with Crippen LogP contribution in [0.2, 0.25) is 0 Å². The molecule has 0 radical (unpaired) electrons. The molecule has 0 fully saturated rings. The quantitative estimate of drug-likeness (QED) is 0.329. The topological polar surface area (TPSA) is 129 Å². The second-order valence-electron chi connectivity index (χ2n) is 5.70. The number of amidine groups is 1. The normalized spacial score (nSPS) is 11.2. The van der Waals surface area contributed by atoms with E-state index in [4.69, 9.17) is 21.0 Å². The number of halogens is 1. The van der Waals surface area contributed by atoms with Gasteiger partial charge in [-0.3, -0.25) is 5.41 Å². The van der Waals surface area contributed by atoms with Crippen molar-refractivity contribution in [2.24, 2.45) is 5.73 Å². The van der Waals surface area contributed by atoms with Gasteiger partial charge in [0.15, 0.2) is 6.04 Å². The predicted octanol–water partition coefficient (Wildman–Crippen LogP) is 2.56. The number of rotatable bonds is 9. The zero-order chi connectivity index (χ0) is 19.1. The van der Waals surface area contributed by atoms with E-state index in [9.17, 15) is 9.90 Å². The van der Waals surface area contributed by atoms with Crippen molar-refractivity contribution in [1.29, 1.82) is 5.41 Å². The van der Waals surface area contributed by atoms with Gasteiger partial charge in [-0.1, -0.05) is 13.0 Å². The molecule has 0 saturated heterocycles. The van der Waals surface area contributed by atoms with Gasteiger partial charge in [-0.2, -0.15) is 0 Å². The Hall–Kier alpha value is -2.77. The van der Waals surface area contributed by atoms with Crippen molar-refractivity contribution in [3.05, 3.63) is 59.2 Å². The molecule has 0 spiro atoms. The fourth-order valence-corrected chi connectivity index (χ4v) is 2.55. The SMILES string of the molecule is CCc1cc(C(Nc2ccc(C(=N)N)cc2)C(=O)O)ccc1OCCO.Cl. The van der Waals surface area contributed by atoms with Gasteiger partial charge >= 0.3 is 5.97 Å². The van der Waals surface area contributed by atoms with Crippen molar-refractivity contribution in [2.75, 3.05) is 18.5 Å². The third-order valence-corrected chi connectivity index (χ3v) is 3.90. The van der Waals surface area contributed by atoms with Crippen LogP contribution in [0.4, 0.5) is 5.69 Å². The Labute approximate surface area is 164 Å². The molecule has 6 N–H and O–H groups in total. The first-order valence-electron chi connectivity index (χ1n) is 8.26. The fraction of sp³-hybridized carbons (Fsp3) is 0.263. The minimum Gasteiger partial charge on any atom is -0.491 e. The van der Waals surface area contributed by atoms with Gasteiger partial charge in [0.05, 0.1) is 6.61 Å². The molecule has 2 rings (SSSR count). The van der Waals surface area contributed by atoms with Crippen molar-refractivity contribution < 1.29 is 19.7 Å². The molecule has 146 valence electrons. The second kappa shape index (κ2) is 10.4. The van der Waals surface area contributed by atoms with E-state index in [-0.39, 0.29) is 31.5 Å². The third kappa shape index (κ3) is 5.87. The molecule has 2 aromatic carbocycles. The maximum absolute atomic E-state index is 11.8. The molecule has 0 aliphatic carbocycles. The van der Waals surface area contributed by atoms with Gasteiger partial charge in [-0.15, -0.1) is 12.4 Å². The predicted molar refractivity (Wildman–Crippen MR) is 107 cm³/mol. The lowest BCUT2D eigenvalue weighted by Crippen LogP contribution is -2.21. The third-order valence-electron chi connectivity index (χ3n) is 3.90. The van der Waals surface area contributed by atoms with Gasteiger partial charge in [-0.25, -0.2) is 4.79 Å². The number of hydrogen-bond acceptors (Lipinski definition) is 5. The summed E-state index contributed by atoms with van der Waals surface area (Å²) < 4.78 is 5.48. The maximum Gasteiger partial charge on any atom is 0.330 e. The summed E-state index contributed by atoms with van der Waals surface area (Å²) in [6.07, 6.45) is 0.675. The lowest BCUT2D eigenvalue weighted by atomic mass is 10.0. The molecule has 0 bridgehead atoms. The van der Waals surface area contributed by atoms with Crippen LogP contribution >= 0.6 is 12.4 Å². The molecule has 8 heteroatoms. The van der Waals surface area contributed by atoms with Crippen LogP contribution in [-0.4, -0.2) is 35.2 Å². The van der Waals surface area contributed by atoms with Crippen LogP contribution in [-0.2, 0) is 11.2 Å². The molecule has 0 aliphatic rings. The highest BCUT2D eigenvalue weighted by atomic mass is 35.5. The van der Waals surface area contributed by atoms with Crippen molar-refractivity contribution in [3.63, 3.8) is 0 Å². The molecule has 0 saturated carbocycles. The number of carboxylic acid groups (broad SMARTS) is 1. The monoisotopic (exact) mass is 393 g/mol. The molecule has 0 amide bonds. The number of carboxylic acids is 1. The first-order chi connectivity index (χ1) is 12.5. The largest absolute Gasteiger partial charge is 0.491 e. The first kappa shape index (κ1) is 22.3. The van der Waals surface area contributed by atoms with Crippen molar-refractivity contribution in [1.82, 2.24) is 0 Å². The molecular formula is C19H24ClN3O4. The highest BCUT2D eigenvalue weighted by Gasteiger charge is 2.21. The Morgan fingerprint density at radius 1 is 1.26 bits per heavy atom. The summed E-state index contributed by atoms with van der Waals surface area (Å²) in [6.45, 7) is 2.06. The summed E-state index contributed by atoms with van der Waals surface area (Å²) in [5, 5.41) is 28.9. The van der Waals surface area contributed by atoms with E-state index in [2.05, 4.69) is 5.32 Å². The van der Waals surface area contributed by atoms with Gasteiger partial charge in [0, 0.05) is 11.3 Å². The molecule has 1 unspecified atom stereocenters. The van der Waals surface area contributed by atoms with E-state index in [0.29, 0.717) is 29.0 Å². The maximum atomic E-state index is 11.8. The number of carbonyl (C=O) groups is 1. The molecule has 27 heavy (non-hydrogen) atoms. The average molecular weight is 394 g/mol. The van der Waals surface area contributed by atoms with Crippen LogP contribution in [0, 0.1) is 5.41 Å². The lowest BCUT2D eigenvalue weighted by molar-refractivity contribution is -0.138. The number of nitrogen functional groups attached to an aromatic ring is 1. The Morgan fingerprint density at radius 2 is 1.93 bits per heavy atom. The summed E-state index contributed by atoms with van der Waals surface area (Å²) >= 11 is 0. The molecule has 0 heterocycles. The smallest absolute Gasteiger partial charge is 0.330 e. The minimum absolute atomic E-state index is 0. The van der Waals surface area contributed by atoms with Gasteiger partial charge in [0.2, 0.25) is 0 Å².